The normalized spacial score (nSPS) is 12.5. The van der Waals surface area contributed by atoms with Gasteiger partial charge in [0.1, 0.15) is 0 Å². The van der Waals surface area contributed by atoms with Crippen LogP contribution in [0.5, 0.6) is 0 Å². The largest absolute Gasteiger partial charge is 0.323 e. The molecule has 0 bridgehead atoms. The maximum absolute atomic E-state index is 5.64. The van der Waals surface area contributed by atoms with Gasteiger partial charge in [-0.3, -0.25) is 0 Å². The molecule has 2 aromatic rings. The van der Waals surface area contributed by atoms with Crippen LogP contribution in [-0.4, -0.2) is 17.0 Å². The van der Waals surface area contributed by atoms with Crippen molar-refractivity contribution in [3.63, 3.8) is 0 Å². The van der Waals surface area contributed by atoms with Crippen molar-refractivity contribution in [1.29, 1.82) is 0 Å². The van der Waals surface area contributed by atoms with Crippen LogP contribution in [0, 0.1) is 6.92 Å². The smallest absolute Gasteiger partial charge is 0.0992 e. The quantitative estimate of drug-likeness (QED) is 0.401. The predicted molar refractivity (Wildman–Crippen MR) is 93.7 cm³/mol. The standard InChI is InChI=1S/C17H19N3S/c1-12-8-10-14(11-9-12)17(20-18)15-6-4-5-7-16(15)19-13(2)21-3/h4-11H,18H2,1-3H3/b19-13?,20-17-. The van der Waals surface area contributed by atoms with E-state index in [1.54, 1.807) is 11.8 Å². The molecule has 0 aromatic heterocycles. The highest BCUT2D eigenvalue weighted by molar-refractivity contribution is 8.13. The number of rotatable bonds is 3. The number of hydrogen-bond donors (Lipinski definition) is 1. The lowest BCUT2D eigenvalue weighted by Crippen LogP contribution is -2.07. The lowest BCUT2D eigenvalue weighted by molar-refractivity contribution is 1.24. The average molecular weight is 297 g/mol. The number of nitrogens with zero attached hydrogens (tertiary/aromatic N) is 2. The third-order valence-electron chi connectivity index (χ3n) is 3.19. The highest BCUT2D eigenvalue weighted by atomic mass is 32.2. The second kappa shape index (κ2) is 7.09. The highest BCUT2D eigenvalue weighted by Gasteiger charge is 2.11. The molecule has 108 valence electrons. The number of para-hydroxylation sites is 1. The third-order valence-corrected chi connectivity index (χ3v) is 3.87. The summed E-state index contributed by atoms with van der Waals surface area (Å²) in [5, 5.41) is 5.00. The molecule has 0 radical (unpaired) electrons. The van der Waals surface area contributed by atoms with Crippen LogP contribution in [0.1, 0.15) is 23.6 Å². The van der Waals surface area contributed by atoms with E-state index in [1.165, 1.54) is 5.56 Å². The van der Waals surface area contributed by atoms with Gasteiger partial charge in [-0.05, 0) is 26.2 Å². The van der Waals surface area contributed by atoms with Crippen molar-refractivity contribution in [3.8, 4) is 0 Å². The first-order chi connectivity index (χ1) is 10.2. The molecule has 0 amide bonds. The molecule has 0 unspecified atom stereocenters. The average Bonchev–Trinajstić information content (AvgIpc) is 2.51. The summed E-state index contributed by atoms with van der Waals surface area (Å²) in [4.78, 5) is 4.63. The van der Waals surface area contributed by atoms with Gasteiger partial charge in [0.15, 0.2) is 0 Å². The van der Waals surface area contributed by atoms with E-state index in [-0.39, 0.29) is 0 Å². The van der Waals surface area contributed by atoms with E-state index in [9.17, 15) is 0 Å². The second-order valence-corrected chi connectivity index (χ2v) is 5.69. The Morgan fingerprint density at radius 2 is 1.71 bits per heavy atom. The van der Waals surface area contributed by atoms with Crippen molar-refractivity contribution in [3.05, 3.63) is 65.2 Å². The molecule has 0 aliphatic carbocycles. The lowest BCUT2D eigenvalue weighted by Gasteiger charge is -2.09. The molecule has 0 aliphatic rings. The van der Waals surface area contributed by atoms with E-state index in [2.05, 4.69) is 29.2 Å². The molecule has 2 N–H and O–H groups in total. The van der Waals surface area contributed by atoms with Crippen molar-refractivity contribution in [1.82, 2.24) is 0 Å². The summed E-state index contributed by atoms with van der Waals surface area (Å²) in [5.41, 5.74) is 4.78. The summed E-state index contributed by atoms with van der Waals surface area (Å²) >= 11 is 1.62. The fourth-order valence-electron chi connectivity index (χ4n) is 2.00. The number of aliphatic imine (C=N–C) groups is 1. The molecule has 0 atom stereocenters. The molecule has 0 spiro atoms. The van der Waals surface area contributed by atoms with Crippen LogP contribution in [-0.2, 0) is 0 Å². The Balaban J connectivity index is 2.51. The second-order valence-electron chi connectivity index (χ2n) is 4.70. The first-order valence-electron chi connectivity index (χ1n) is 6.69. The molecule has 2 rings (SSSR count). The van der Waals surface area contributed by atoms with Crippen molar-refractivity contribution < 1.29 is 0 Å². The molecule has 0 saturated heterocycles. The van der Waals surface area contributed by atoms with Gasteiger partial charge in [0, 0.05) is 11.1 Å². The Labute approximate surface area is 130 Å². The van der Waals surface area contributed by atoms with Gasteiger partial charge in [-0.25, -0.2) is 4.99 Å². The number of benzene rings is 2. The van der Waals surface area contributed by atoms with Gasteiger partial charge >= 0.3 is 0 Å². The van der Waals surface area contributed by atoms with E-state index in [0.717, 1.165) is 27.6 Å². The van der Waals surface area contributed by atoms with Crippen LogP contribution in [0.3, 0.4) is 0 Å². The van der Waals surface area contributed by atoms with E-state index in [1.807, 2.05) is 49.6 Å². The van der Waals surface area contributed by atoms with Crippen molar-refractivity contribution >= 4 is 28.2 Å². The van der Waals surface area contributed by atoms with Gasteiger partial charge in [0.05, 0.1) is 16.4 Å². The highest BCUT2D eigenvalue weighted by Crippen LogP contribution is 2.24. The topological polar surface area (TPSA) is 50.7 Å². The van der Waals surface area contributed by atoms with Crippen LogP contribution in [0.4, 0.5) is 5.69 Å². The zero-order chi connectivity index (χ0) is 15.2. The molecule has 4 heteroatoms. The van der Waals surface area contributed by atoms with Crippen molar-refractivity contribution in [2.24, 2.45) is 15.9 Å². The molecule has 3 nitrogen and oxygen atoms in total. The van der Waals surface area contributed by atoms with Crippen molar-refractivity contribution in [2.75, 3.05) is 6.26 Å². The Morgan fingerprint density at radius 3 is 2.33 bits per heavy atom. The van der Waals surface area contributed by atoms with Gasteiger partial charge < -0.3 is 5.84 Å². The molecule has 2 aromatic carbocycles. The van der Waals surface area contributed by atoms with E-state index >= 15 is 0 Å². The number of nitrogens with two attached hydrogens (primary N) is 1. The molecule has 0 heterocycles. The van der Waals surface area contributed by atoms with Crippen LogP contribution in [0.25, 0.3) is 0 Å². The number of hydrazone groups is 1. The molecule has 0 fully saturated rings. The summed E-state index contributed by atoms with van der Waals surface area (Å²) in [5.74, 6) is 5.64. The first kappa shape index (κ1) is 15.3. The minimum Gasteiger partial charge on any atom is -0.323 e. The molecular weight excluding hydrogens is 278 g/mol. The Morgan fingerprint density at radius 1 is 1.05 bits per heavy atom. The van der Waals surface area contributed by atoms with Gasteiger partial charge in [0.2, 0.25) is 0 Å². The van der Waals surface area contributed by atoms with Crippen LogP contribution < -0.4 is 5.84 Å². The van der Waals surface area contributed by atoms with Gasteiger partial charge in [-0.1, -0.05) is 48.0 Å². The maximum Gasteiger partial charge on any atom is 0.0992 e. The fraction of sp³-hybridized carbons (Fsp3) is 0.176. The SMILES string of the molecule is CSC(C)=Nc1ccccc1/C(=N\N)c1ccc(C)cc1. The summed E-state index contributed by atoms with van der Waals surface area (Å²) < 4.78 is 0. The van der Waals surface area contributed by atoms with Gasteiger partial charge in [0.25, 0.3) is 0 Å². The number of hydrogen-bond acceptors (Lipinski definition) is 4. The predicted octanol–water partition coefficient (Wildman–Crippen LogP) is 4.12. The Bertz CT molecular complexity index is 673. The van der Waals surface area contributed by atoms with E-state index in [0.29, 0.717) is 0 Å². The van der Waals surface area contributed by atoms with Crippen LogP contribution in [0.15, 0.2) is 58.6 Å². The Kier molecular flexibility index (Phi) is 5.17. The number of aryl methyl sites for hydroxylation is 1. The minimum absolute atomic E-state index is 0.753. The van der Waals surface area contributed by atoms with Gasteiger partial charge in [-0.15, -0.1) is 11.8 Å². The van der Waals surface area contributed by atoms with E-state index < -0.39 is 0 Å². The monoisotopic (exact) mass is 297 g/mol. The summed E-state index contributed by atoms with van der Waals surface area (Å²) in [6, 6.07) is 16.1. The Hall–Kier alpha value is -2.07. The molecule has 21 heavy (non-hydrogen) atoms. The first-order valence-corrected chi connectivity index (χ1v) is 7.91. The lowest BCUT2D eigenvalue weighted by atomic mass is 10.00. The zero-order valence-electron chi connectivity index (χ0n) is 12.5. The number of thioether (sulfide) groups is 1. The van der Waals surface area contributed by atoms with Crippen LogP contribution in [0.2, 0.25) is 0 Å². The third kappa shape index (κ3) is 3.73. The summed E-state index contributed by atoms with van der Waals surface area (Å²) in [6.07, 6.45) is 2.01. The van der Waals surface area contributed by atoms with E-state index in [4.69, 9.17) is 5.84 Å². The summed E-state index contributed by atoms with van der Waals surface area (Å²) in [7, 11) is 0. The van der Waals surface area contributed by atoms with Crippen molar-refractivity contribution in [2.45, 2.75) is 13.8 Å². The molecule has 0 aliphatic heterocycles. The van der Waals surface area contributed by atoms with Crippen LogP contribution >= 0.6 is 11.8 Å². The fourth-order valence-corrected chi connectivity index (χ4v) is 2.19. The van der Waals surface area contributed by atoms with Gasteiger partial charge in [-0.2, -0.15) is 5.10 Å². The summed E-state index contributed by atoms with van der Waals surface area (Å²) in [6.45, 7) is 4.05. The molecule has 0 saturated carbocycles. The minimum atomic E-state index is 0.753. The zero-order valence-corrected chi connectivity index (χ0v) is 13.3. The molecular formula is C17H19N3S. The maximum atomic E-state index is 5.64.